The molecule has 30 heavy (non-hydrogen) atoms. The molecule has 6 heteroatoms. The summed E-state index contributed by atoms with van der Waals surface area (Å²) in [6.07, 6.45) is 28.2. The number of hydrogen-bond donors (Lipinski definition) is 3. The Morgan fingerprint density at radius 1 is 0.467 bits per heavy atom. The van der Waals surface area contributed by atoms with Gasteiger partial charge in [-0.25, -0.2) is 4.57 Å². The number of phosphoric acid groups is 1. The maximum Gasteiger partial charge on any atom is 0.466 e. The molecule has 0 aliphatic heterocycles. The molecule has 0 rings (SSSR count). The van der Waals surface area contributed by atoms with Crippen LogP contribution in [0.2, 0.25) is 0 Å². The zero-order valence-electron chi connectivity index (χ0n) is 20.2. The van der Waals surface area contributed by atoms with E-state index in [0.717, 1.165) is 13.2 Å². The number of hydrogen-bond acceptors (Lipinski definition) is 2. The van der Waals surface area contributed by atoms with Gasteiger partial charge in [0.15, 0.2) is 0 Å². The molecule has 0 saturated heterocycles. The molecule has 0 aromatic carbocycles. The predicted molar refractivity (Wildman–Crippen MR) is 129 cm³/mol. The Morgan fingerprint density at radius 3 is 0.900 bits per heavy atom. The van der Waals surface area contributed by atoms with E-state index < -0.39 is 7.82 Å². The zero-order valence-corrected chi connectivity index (χ0v) is 21.1. The van der Waals surface area contributed by atoms with Crippen molar-refractivity contribution in [2.45, 2.75) is 142 Å². The second-order valence-electron chi connectivity index (χ2n) is 8.49. The monoisotopic (exact) mass is 452 g/mol. The van der Waals surface area contributed by atoms with Gasteiger partial charge in [-0.1, -0.05) is 129 Å². The average molecular weight is 453 g/mol. The molecule has 0 saturated carbocycles. The van der Waals surface area contributed by atoms with Crippen LogP contribution in [-0.4, -0.2) is 27.9 Å². The second-order valence-corrected chi connectivity index (χ2v) is 9.52. The lowest BCUT2D eigenvalue weighted by atomic mass is 10.1. The molecule has 0 aromatic rings. The number of unbranched alkanes of at least 4 members (excludes halogenated alkanes) is 18. The van der Waals surface area contributed by atoms with Crippen molar-refractivity contribution in [2.75, 3.05) is 13.2 Å². The normalized spacial score (nSPS) is 11.4. The first kappa shape index (κ1) is 32.3. The molecular formula is C24H53O5P. The average Bonchev–Trinajstić information content (AvgIpc) is 2.68. The predicted octanol–water partition coefficient (Wildman–Crippen LogP) is 7.92. The molecule has 0 aliphatic carbocycles. The van der Waals surface area contributed by atoms with Crippen molar-refractivity contribution in [3.05, 3.63) is 0 Å². The highest BCUT2D eigenvalue weighted by atomic mass is 31.2. The molecular weight excluding hydrogens is 399 g/mol. The van der Waals surface area contributed by atoms with Gasteiger partial charge < -0.3 is 19.4 Å². The van der Waals surface area contributed by atoms with Crippen LogP contribution in [0.5, 0.6) is 0 Å². The van der Waals surface area contributed by atoms with E-state index in [-0.39, 0.29) is 0 Å². The van der Waals surface area contributed by atoms with Crippen LogP contribution in [0.3, 0.4) is 0 Å². The highest BCUT2D eigenvalue weighted by Gasteiger charge is 2.00. The van der Waals surface area contributed by atoms with Crippen molar-refractivity contribution in [1.82, 2.24) is 0 Å². The van der Waals surface area contributed by atoms with Crippen molar-refractivity contribution >= 4 is 7.82 Å². The van der Waals surface area contributed by atoms with Gasteiger partial charge in [-0.3, -0.25) is 0 Å². The van der Waals surface area contributed by atoms with Crippen LogP contribution < -0.4 is 0 Å². The summed E-state index contributed by atoms with van der Waals surface area (Å²) in [6, 6.07) is 0. The largest absolute Gasteiger partial charge is 0.466 e. The molecule has 0 aromatic heterocycles. The van der Waals surface area contributed by atoms with Crippen LogP contribution in [0.15, 0.2) is 0 Å². The van der Waals surface area contributed by atoms with Crippen LogP contribution >= 0.6 is 7.82 Å². The van der Waals surface area contributed by atoms with Gasteiger partial charge in [0, 0.05) is 13.2 Å². The summed E-state index contributed by atoms with van der Waals surface area (Å²) in [5.41, 5.74) is 0. The topological polar surface area (TPSA) is 87.0 Å². The summed E-state index contributed by atoms with van der Waals surface area (Å²) in [5.74, 6) is 0. The van der Waals surface area contributed by atoms with E-state index in [1.165, 1.54) is 128 Å². The molecule has 3 N–H and O–H groups in total. The Kier molecular flexibility index (Phi) is 29.1. The van der Waals surface area contributed by atoms with Gasteiger partial charge in [0.1, 0.15) is 0 Å². The van der Waals surface area contributed by atoms with E-state index in [0.29, 0.717) is 0 Å². The molecule has 0 fully saturated rings. The summed E-state index contributed by atoms with van der Waals surface area (Å²) in [6.45, 7) is 6.57. The first-order valence-electron chi connectivity index (χ1n) is 12.8. The number of rotatable bonds is 22. The molecule has 0 heterocycles. The molecule has 0 spiro atoms. The Hall–Kier alpha value is 0.0700. The summed E-state index contributed by atoms with van der Waals surface area (Å²) in [7, 11) is -4.64. The van der Waals surface area contributed by atoms with Crippen molar-refractivity contribution in [3.8, 4) is 0 Å². The van der Waals surface area contributed by atoms with Crippen molar-refractivity contribution < 1.29 is 24.0 Å². The van der Waals surface area contributed by atoms with Gasteiger partial charge in [-0.05, 0) is 12.8 Å². The third-order valence-electron chi connectivity index (χ3n) is 5.28. The fraction of sp³-hybridized carbons (Fsp3) is 1.00. The molecule has 0 amide bonds. The van der Waals surface area contributed by atoms with E-state index in [1.54, 1.807) is 0 Å². The smallest absolute Gasteiger partial charge is 0.381 e. The first-order valence-corrected chi connectivity index (χ1v) is 14.3. The fourth-order valence-corrected chi connectivity index (χ4v) is 3.49. The van der Waals surface area contributed by atoms with Crippen molar-refractivity contribution in [3.63, 3.8) is 0 Å². The highest BCUT2D eigenvalue weighted by Crippen LogP contribution is 2.25. The molecule has 184 valence electrons. The minimum absolute atomic E-state index is 0.994. The SMILES string of the molecule is CCCCCCCCCCCCOCCCCCCCCCCCC.O=P(O)(O)O. The van der Waals surface area contributed by atoms with Crippen LogP contribution in [0.1, 0.15) is 142 Å². The number of ether oxygens (including phenoxy) is 1. The van der Waals surface area contributed by atoms with E-state index in [4.69, 9.17) is 24.0 Å². The lowest BCUT2D eigenvalue weighted by Gasteiger charge is -2.05. The van der Waals surface area contributed by atoms with Gasteiger partial charge in [0.05, 0.1) is 0 Å². The lowest BCUT2D eigenvalue weighted by Crippen LogP contribution is -1.97. The minimum atomic E-state index is -4.64. The van der Waals surface area contributed by atoms with Crippen LogP contribution in [-0.2, 0) is 9.30 Å². The van der Waals surface area contributed by atoms with Gasteiger partial charge in [-0.15, -0.1) is 0 Å². The third-order valence-corrected chi connectivity index (χ3v) is 5.28. The van der Waals surface area contributed by atoms with Gasteiger partial charge in [-0.2, -0.15) is 0 Å². The van der Waals surface area contributed by atoms with Crippen molar-refractivity contribution in [2.24, 2.45) is 0 Å². The van der Waals surface area contributed by atoms with E-state index >= 15 is 0 Å². The molecule has 5 nitrogen and oxygen atoms in total. The maximum atomic E-state index is 8.88. The zero-order chi connectivity index (χ0) is 22.8. The molecule has 0 radical (unpaired) electrons. The van der Waals surface area contributed by atoms with Crippen LogP contribution in [0.25, 0.3) is 0 Å². The standard InChI is InChI=1S/C24H50O.H3O4P/c1-3-5-7-9-11-13-15-17-19-21-23-25-24-22-20-18-16-14-12-10-8-6-4-2;1-5(2,3)4/h3-24H2,1-2H3;(H3,1,2,3,4). The maximum absolute atomic E-state index is 8.88. The Balaban J connectivity index is 0. The molecule has 0 atom stereocenters. The lowest BCUT2D eigenvalue weighted by molar-refractivity contribution is 0.125. The molecule has 0 unspecified atom stereocenters. The second kappa shape index (κ2) is 27.1. The van der Waals surface area contributed by atoms with Crippen LogP contribution in [0, 0.1) is 0 Å². The summed E-state index contributed by atoms with van der Waals surface area (Å²) in [5, 5.41) is 0. The molecule has 0 aliphatic rings. The summed E-state index contributed by atoms with van der Waals surface area (Å²) < 4.78 is 14.7. The third kappa shape index (κ3) is 42.2. The Morgan fingerprint density at radius 2 is 0.667 bits per heavy atom. The van der Waals surface area contributed by atoms with E-state index in [9.17, 15) is 0 Å². The van der Waals surface area contributed by atoms with Gasteiger partial charge in [0.2, 0.25) is 0 Å². The van der Waals surface area contributed by atoms with Crippen molar-refractivity contribution in [1.29, 1.82) is 0 Å². The van der Waals surface area contributed by atoms with Crippen LogP contribution in [0.4, 0.5) is 0 Å². The summed E-state index contributed by atoms with van der Waals surface area (Å²) >= 11 is 0. The molecule has 0 bridgehead atoms. The summed E-state index contributed by atoms with van der Waals surface area (Å²) in [4.78, 5) is 21.6. The Labute approximate surface area is 187 Å². The minimum Gasteiger partial charge on any atom is -0.381 e. The quantitative estimate of drug-likeness (QED) is 0.115. The highest BCUT2D eigenvalue weighted by molar-refractivity contribution is 7.45. The first-order chi connectivity index (χ1) is 14.4. The fourth-order valence-electron chi connectivity index (χ4n) is 3.49. The Bertz CT molecular complexity index is 316. The van der Waals surface area contributed by atoms with Gasteiger partial charge >= 0.3 is 7.82 Å². The van der Waals surface area contributed by atoms with E-state index in [1.807, 2.05) is 0 Å². The van der Waals surface area contributed by atoms with E-state index in [2.05, 4.69) is 13.8 Å². The van der Waals surface area contributed by atoms with Gasteiger partial charge in [0.25, 0.3) is 0 Å².